The number of hydrogen-bond acceptors (Lipinski definition) is 4. The van der Waals surface area contributed by atoms with E-state index in [2.05, 4.69) is 10.0 Å². The Morgan fingerprint density at radius 1 is 1.30 bits per heavy atom. The van der Waals surface area contributed by atoms with Crippen LogP contribution < -0.4 is 10.0 Å². The summed E-state index contributed by atoms with van der Waals surface area (Å²) in [5, 5.41) is 12.3. The molecule has 0 aromatic heterocycles. The van der Waals surface area contributed by atoms with E-state index in [-0.39, 0.29) is 16.5 Å². The number of rotatable bonds is 7. The van der Waals surface area contributed by atoms with Gasteiger partial charge in [0.05, 0.1) is 11.3 Å². The molecule has 0 aliphatic rings. The summed E-state index contributed by atoms with van der Waals surface area (Å²) in [7, 11) is -3.84. The first-order valence-corrected chi connectivity index (χ1v) is 9.12. The summed E-state index contributed by atoms with van der Waals surface area (Å²) in [6, 6.07) is 4.18. The minimum Gasteiger partial charge on any atom is -0.478 e. The van der Waals surface area contributed by atoms with E-state index in [0.29, 0.717) is 5.69 Å². The Labute approximate surface area is 138 Å². The van der Waals surface area contributed by atoms with E-state index in [1.165, 1.54) is 18.2 Å². The molecule has 23 heavy (non-hydrogen) atoms. The molecule has 130 valence electrons. The fourth-order valence-corrected chi connectivity index (χ4v) is 3.84. The van der Waals surface area contributed by atoms with Gasteiger partial charge < -0.3 is 10.4 Å². The van der Waals surface area contributed by atoms with Crippen LogP contribution in [-0.4, -0.2) is 31.1 Å². The molecule has 0 amide bonds. The highest BCUT2D eigenvalue weighted by Crippen LogP contribution is 2.25. The monoisotopic (exact) mass is 342 g/mol. The third-order valence-corrected chi connectivity index (χ3v) is 4.88. The standard InChI is InChI=1S/C16H26N2O4S/c1-6-7-11(2)17-13-9-8-12(15(19)20)10-14(13)23(21,22)18-16(3,4)5/h8-11,17-18H,6-7H2,1-5H3,(H,19,20)/t11-/m1/s1. The van der Waals surface area contributed by atoms with Gasteiger partial charge in [-0.3, -0.25) is 0 Å². The molecule has 1 rings (SSSR count). The number of carboxylic acid groups (broad SMARTS) is 1. The number of carboxylic acids is 1. The summed E-state index contributed by atoms with van der Waals surface area (Å²) < 4.78 is 27.8. The molecule has 0 aliphatic heterocycles. The molecule has 3 N–H and O–H groups in total. The number of carbonyl (C=O) groups is 1. The highest BCUT2D eigenvalue weighted by Gasteiger charge is 2.26. The zero-order chi connectivity index (χ0) is 17.8. The van der Waals surface area contributed by atoms with Crippen molar-refractivity contribution in [2.75, 3.05) is 5.32 Å². The van der Waals surface area contributed by atoms with Gasteiger partial charge in [0.2, 0.25) is 10.0 Å². The maximum atomic E-state index is 12.6. The minimum atomic E-state index is -3.84. The first-order valence-electron chi connectivity index (χ1n) is 7.64. The number of nitrogens with one attached hydrogen (secondary N) is 2. The van der Waals surface area contributed by atoms with Crippen molar-refractivity contribution in [2.24, 2.45) is 0 Å². The van der Waals surface area contributed by atoms with Crippen LogP contribution in [0.2, 0.25) is 0 Å². The smallest absolute Gasteiger partial charge is 0.335 e. The number of aromatic carboxylic acids is 1. The van der Waals surface area contributed by atoms with Crippen LogP contribution in [-0.2, 0) is 10.0 Å². The third-order valence-electron chi connectivity index (χ3n) is 3.08. The van der Waals surface area contributed by atoms with Gasteiger partial charge in [0.1, 0.15) is 4.90 Å². The SMILES string of the molecule is CCC[C@@H](C)Nc1ccc(C(=O)O)cc1S(=O)(=O)NC(C)(C)C. The molecule has 0 fully saturated rings. The molecular weight excluding hydrogens is 316 g/mol. The van der Waals surface area contributed by atoms with Crippen molar-refractivity contribution in [1.29, 1.82) is 0 Å². The van der Waals surface area contributed by atoms with Gasteiger partial charge in [-0.2, -0.15) is 0 Å². The van der Waals surface area contributed by atoms with Crippen molar-refractivity contribution >= 4 is 21.7 Å². The molecule has 0 radical (unpaired) electrons. The maximum absolute atomic E-state index is 12.6. The Morgan fingerprint density at radius 3 is 2.39 bits per heavy atom. The van der Waals surface area contributed by atoms with Crippen LogP contribution in [0.5, 0.6) is 0 Å². The van der Waals surface area contributed by atoms with Crippen LogP contribution in [0, 0.1) is 0 Å². The molecule has 6 nitrogen and oxygen atoms in total. The molecule has 1 atom stereocenters. The highest BCUT2D eigenvalue weighted by molar-refractivity contribution is 7.89. The average molecular weight is 342 g/mol. The molecule has 0 saturated heterocycles. The maximum Gasteiger partial charge on any atom is 0.335 e. The lowest BCUT2D eigenvalue weighted by Gasteiger charge is -2.23. The van der Waals surface area contributed by atoms with Gasteiger partial charge >= 0.3 is 5.97 Å². The van der Waals surface area contributed by atoms with E-state index < -0.39 is 21.5 Å². The number of benzene rings is 1. The van der Waals surface area contributed by atoms with Gasteiger partial charge in [-0.1, -0.05) is 13.3 Å². The van der Waals surface area contributed by atoms with E-state index >= 15 is 0 Å². The molecule has 0 spiro atoms. The summed E-state index contributed by atoms with van der Waals surface area (Å²) >= 11 is 0. The topological polar surface area (TPSA) is 95.5 Å². The Kier molecular flexibility index (Phi) is 6.18. The molecule has 1 aromatic rings. The summed E-state index contributed by atoms with van der Waals surface area (Å²) in [5.74, 6) is -1.16. The normalized spacial score (nSPS) is 13.6. The molecule has 0 aliphatic carbocycles. The molecule has 7 heteroatoms. The summed E-state index contributed by atoms with van der Waals surface area (Å²) in [5.41, 5.74) is -0.314. The van der Waals surface area contributed by atoms with Crippen molar-refractivity contribution in [3.63, 3.8) is 0 Å². The molecule has 0 unspecified atom stereocenters. The molecular formula is C16H26N2O4S. The van der Waals surface area contributed by atoms with Crippen molar-refractivity contribution in [2.45, 2.75) is 63.9 Å². The molecule has 0 heterocycles. The second-order valence-corrected chi connectivity index (χ2v) is 8.36. The highest BCUT2D eigenvalue weighted by atomic mass is 32.2. The van der Waals surface area contributed by atoms with Crippen LogP contribution in [0.3, 0.4) is 0 Å². The van der Waals surface area contributed by atoms with Gasteiger partial charge in [0, 0.05) is 11.6 Å². The minimum absolute atomic E-state index is 0.0460. The van der Waals surface area contributed by atoms with E-state index in [9.17, 15) is 13.2 Å². The Bertz CT molecular complexity index is 663. The predicted octanol–water partition coefficient (Wildman–Crippen LogP) is 3.06. The van der Waals surface area contributed by atoms with Gasteiger partial charge in [-0.05, 0) is 52.3 Å². The van der Waals surface area contributed by atoms with Crippen LogP contribution in [0.4, 0.5) is 5.69 Å². The average Bonchev–Trinajstić information content (AvgIpc) is 2.36. The van der Waals surface area contributed by atoms with E-state index in [4.69, 9.17) is 5.11 Å². The molecule has 1 aromatic carbocycles. The van der Waals surface area contributed by atoms with Crippen LogP contribution in [0.25, 0.3) is 0 Å². The number of sulfonamides is 1. The first kappa shape index (κ1) is 19.4. The van der Waals surface area contributed by atoms with E-state index in [1.807, 2.05) is 13.8 Å². The quantitative estimate of drug-likeness (QED) is 0.708. The van der Waals surface area contributed by atoms with E-state index in [0.717, 1.165) is 12.8 Å². The van der Waals surface area contributed by atoms with Gasteiger partial charge in [-0.25, -0.2) is 17.9 Å². The lowest BCUT2D eigenvalue weighted by molar-refractivity contribution is 0.0696. The van der Waals surface area contributed by atoms with E-state index in [1.54, 1.807) is 20.8 Å². The summed E-state index contributed by atoms with van der Waals surface area (Å²) in [6.45, 7) is 9.21. The lowest BCUT2D eigenvalue weighted by Crippen LogP contribution is -2.40. The van der Waals surface area contributed by atoms with Crippen molar-refractivity contribution in [3.8, 4) is 0 Å². The largest absolute Gasteiger partial charge is 0.478 e. The molecule has 0 bridgehead atoms. The fourth-order valence-electron chi connectivity index (χ4n) is 2.23. The van der Waals surface area contributed by atoms with Crippen molar-refractivity contribution < 1.29 is 18.3 Å². The lowest BCUT2D eigenvalue weighted by atomic mass is 10.1. The van der Waals surface area contributed by atoms with Crippen molar-refractivity contribution in [3.05, 3.63) is 23.8 Å². The second-order valence-electron chi connectivity index (χ2n) is 6.71. The summed E-state index contributed by atoms with van der Waals surface area (Å²) in [6.07, 6.45) is 1.84. The molecule has 0 saturated carbocycles. The van der Waals surface area contributed by atoms with Crippen LogP contribution >= 0.6 is 0 Å². The fraction of sp³-hybridized carbons (Fsp3) is 0.562. The Morgan fingerprint density at radius 2 is 1.91 bits per heavy atom. The zero-order valence-corrected chi connectivity index (χ0v) is 15.1. The predicted molar refractivity (Wildman–Crippen MR) is 91.5 cm³/mol. The van der Waals surface area contributed by atoms with Crippen LogP contribution in [0.15, 0.2) is 23.1 Å². The number of hydrogen-bond donors (Lipinski definition) is 3. The second kappa shape index (κ2) is 7.31. The van der Waals surface area contributed by atoms with Gasteiger partial charge in [0.25, 0.3) is 0 Å². The number of anilines is 1. The third kappa shape index (κ3) is 5.84. The Balaban J connectivity index is 3.34. The first-order chi connectivity index (χ1) is 10.5. The summed E-state index contributed by atoms with van der Waals surface area (Å²) in [4.78, 5) is 11.1. The van der Waals surface area contributed by atoms with Crippen LogP contribution in [0.1, 0.15) is 57.8 Å². The Hall–Kier alpha value is -1.60. The van der Waals surface area contributed by atoms with Gasteiger partial charge in [0.15, 0.2) is 0 Å². The van der Waals surface area contributed by atoms with Crippen molar-refractivity contribution in [1.82, 2.24) is 4.72 Å². The zero-order valence-electron chi connectivity index (χ0n) is 14.3. The van der Waals surface area contributed by atoms with Gasteiger partial charge in [-0.15, -0.1) is 0 Å².